The van der Waals surface area contributed by atoms with Crippen LogP contribution in [-0.4, -0.2) is 10.1 Å². The van der Waals surface area contributed by atoms with Gasteiger partial charge in [-0.15, -0.1) is 0 Å². The molecular formula is C19H12FNO3. The lowest BCUT2D eigenvalue weighted by atomic mass is 10.2. The molecule has 0 unspecified atom stereocenters. The standard InChI is InChI=1S/C19H12FNO3/c20-13-3-7-15(8-4-13)23-16-9-10-18-17(11-16)21-19(24-18)12-1-5-14(22)6-2-12/h1-11,22H. The Morgan fingerprint density at radius 1 is 0.875 bits per heavy atom. The van der Waals surface area contributed by atoms with E-state index in [9.17, 15) is 9.50 Å². The van der Waals surface area contributed by atoms with E-state index in [2.05, 4.69) is 4.98 Å². The predicted molar refractivity (Wildman–Crippen MR) is 87.6 cm³/mol. The fourth-order valence-electron chi connectivity index (χ4n) is 2.34. The second kappa shape index (κ2) is 5.70. The van der Waals surface area contributed by atoms with Crippen LogP contribution in [0.15, 0.2) is 71.1 Å². The lowest BCUT2D eigenvalue weighted by molar-refractivity contribution is 0.475. The summed E-state index contributed by atoms with van der Waals surface area (Å²) in [4.78, 5) is 4.44. The average molecular weight is 321 g/mol. The number of aromatic hydroxyl groups is 1. The van der Waals surface area contributed by atoms with Crippen molar-refractivity contribution in [3.63, 3.8) is 0 Å². The molecule has 3 aromatic carbocycles. The molecule has 1 N–H and O–H groups in total. The van der Waals surface area contributed by atoms with Gasteiger partial charge in [-0.05, 0) is 60.7 Å². The van der Waals surface area contributed by atoms with Crippen LogP contribution >= 0.6 is 0 Å². The number of phenolic OH excluding ortho intramolecular Hbond substituents is 1. The molecular weight excluding hydrogens is 309 g/mol. The smallest absolute Gasteiger partial charge is 0.227 e. The van der Waals surface area contributed by atoms with Gasteiger partial charge in [0.2, 0.25) is 5.89 Å². The van der Waals surface area contributed by atoms with Crippen LogP contribution < -0.4 is 4.74 Å². The summed E-state index contributed by atoms with van der Waals surface area (Å²) in [6, 6.07) is 17.7. The first kappa shape index (κ1) is 14.3. The van der Waals surface area contributed by atoms with Gasteiger partial charge in [0.05, 0.1) is 0 Å². The van der Waals surface area contributed by atoms with Gasteiger partial charge in [0.15, 0.2) is 5.58 Å². The van der Waals surface area contributed by atoms with Crippen molar-refractivity contribution in [2.24, 2.45) is 0 Å². The van der Waals surface area contributed by atoms with Crippen molar-refractivity contribution in [3.8, 4) is 28.7 Å². The van der Waals surface area contributed by atoms with Gasteiger partial charge in [-0.2, -0.15) is 0 Å². The van der Waals surface area contributed by atoms with Gasteiger partial charge in [-0.25, -0.2) is 9.37 Å². The molecule has 0 aliphatic rings. The zero-order valence-corrected chi connectivity index (χ0v) is 12.4. The largest absolute Gasteiger partial charge is 0.508 e. The van der Waals surface area contributed by atoms with E-state index in [0.29, 0.717) is 28.5 Å². The quantitative estimate of drug-likeness (QED) is 0.568. The Morgan fingerprint density at radius 2 is 1.58 bits per heavy atom. The van der Waals surface area contributed by atoms with Gasteiger partial charge in [-0.3, -0.25) is 0 Å². The first-order valence-electron chi connectivity index (χ1n) is 7.31. The Labute approximate surface area is 136 Å². The number of halogens is 1. The molecule has 5 heteroatoms. The van der Waals surface area contributed by atoms with Crippen LogP contribution in [-0.2, 0) is 0 Å². The van der Waals surface area contributed by atoms with E-state index in [4.69, 9.17) is 9.15 Å². The molecule has 24 heavy (non-hydrogen) atoms. The number of hydrogen-bond donors (Lipinski definition) is 1. The van der Waals surface area contributed by atoms with Crippen molar-refractivity contribution >= 4 is 11.1 Å². The minimum Gasteiger partial charge on any atom is -0.508 e. The molecule has 4 aromatic rings. The van der Waals surface area contributed by atoms with Crippen molar-refractivity contribution in [3.05, 3.63) is 72.5 Å². The molecule has 1 aromatic heterocycles. The highest BCUT2D eigenvalue weighted by Gasteiger charge is 2.09. The lowest BCUT2D eigenvalue weighted by Crippen LogP contribution is -1.84. The molecule has 0 saturated heterocycles. The Hall–Kier alpha value is -3.34. The van der Waals surface area contributed by atoms with Crippen LogP contribution in [0.5, 0.6) is 17.2 Å². The SMILES string of the molecule is Oc1ccc(-c2nc3cc(Oc4ccc(F)cc4)ccc3o2)cc1. The highest BCUT2D eigenvalue weighted by Crippen LogP contribution is 2.29. The van der Waals surface area contributed by atoms with Crippen LogP contribution in [0.4, 0.5) is 4.39 Å². The van der Waals surface area contributed by atoms with Crippen LogP contribution in [0.1, 0.15) is 0 Å². The predicted octanol–water partition coefficient (Wildman–Crippen LogP) is 5.13. The summed E-state index contributed by atoms with van der Waals surface area (Å²) in [5.74, 6) is 1.46. The van der Waals surface area contributed by atoms with E-state index in [1.54, 1.807) is 54.6 Å². The third-order valence-electron chi connectivity index (χ3n) is 3.52. The summed E-state index contributed by atoms with van der Waals surface area (Å²) in [6.07, 6.45) is 0. The summed E-state index contributed by atoms with van der Waals surface area (Å²) in [5.41, 5.74) is 2.05. The lowest BCUT2D eigenvalue weighted by Gasteiger charge is -2.04. The molecule has 0 atom stereocenters. The number of oxazole rings is 1. The summed E-state index contributed by atoms with van der Waals surface area (Å²) >= 11 is 0. The molecule has 0 aliphatic carbocycles. The number of rotatable bonds is 3. The Kier molecular flexibility index (Phi) is 3.39. The highest BCUT2D eigenvalue weighted by atomic mass is 19.1. The molecule has 4 nitrogen and oxygen atoms in total. The van der Waals surface area contributed by atoms with Crippen LogP contribution in [0.2, 0.25) is 0 Å². The van der Waals surface area contributed by atoms with Crippen LogP contribution in [0, 0.1) is 5.82 Å². The van der Waals surface area contributed by atoms with Gasteiger partial charge in [0.1, 0.15) is 28.6 Å². The maximum atomic E-state index is 12.9. The van der Waals surface area contributed by atoms with Crippen LogP contribution in [0.25, 0.3) is 22.6 Å². The van der Waals surface area contributed by atoms with E-state index in [0.717, 1.165) is 5.56 Å². The van der Waals surface area contributed by atoms with Crippen molar-refractivity contribution in [2.75, 3.05) is 0 Å². The molecule has 0 fully saturated rings. The van der Waals surface area contributed by atoms with E-state index in [1.165, 1.54) is 12.1 Å². The molecule has 0 saturated carbocycles. The molecule has 4 rings (SSSR count). The zero-order valence-electron chi connectivity index (χ0n) is 12.4. The molecule has 0 amide bonds. The maximum absolute atomic E-state index is 12.9. The number of hydrogen-bond acceptors (Lipinski definition) is 4. The summed E-state index contributed by atoms with van der Waals surface area (Å²) in [5, 5.41) is 9.35. The molecule has 118 valence electrons. The second-order valence-corrected chi connectivity index (χ2v) is 5.25. The number of nitrogens with zero attached hydrogens (tertiary/aromatic N) is 1. The Balaban J connectivity index is 1.65. The Morgan fingerprint density at radius 3 is 2.33 bits per heavy atom. The van der Waals surface area contributed by atoms with Gasteiger partial charge in [-0.1, -0.05) is 0 Å². The second-order valence-electron chi connectivity index (χ2n) is 5.25. The van der Waals surface area contributed by atoms with E-state index < -0.39 is 0 Å². The Bertz CT molecular complexity index is 991. The number of ether oxygens (including phenoxy) is 1. The minimum absolute atomic E-state index is 0.185. The normalized spacial score (nSPS) is 10.9. The number of phenols is 1. The molecule has 0 aliphatic heterocycles. The van der Waals surface area contributed by atoms with Crippen molar-refractivity contribution in [1.82, 2.24) is 4.98 Å². The summed E-state index contributed by atoms with van der Waals surface area (Å²) < 4.78 is 24.3. The van der Waals surface area contributed by atoms with E-state index in [-0.39, 0.29) is 11.6 Å². The molecule has 0 spiro atoms. The van der Waals surface area contributed by atoms with Gasteiger partial charge < -0.3 is 14.3 Å². The summed E-state index contributed by atoms with van der Waals surface area (Å²) in [7, 11) is 0. The fraction of sp³-hybridized carbons (Fsp3) is 0. The monoisotopic (exact) mass is 321 g/mol. The average Bonchev–Trinajstić information content (AvgIpc) is 3.01. The first-order valence-corrected chi connectivity index (χ1v) is 7.31. The number of fused-ring (bicyclic) bond motifs is 1. The van der Waals surface area contributed by atoms with Crippen molar-refractivity contribution in [2.45, 2.75) is 0 Å². The first-order chi connectivity index (χ1) is 11.7. The third kappa shape index (κ3) is 2.79. The zero-order chi connectivity index (χ0) is 16.5. The highest BCUT2D eigenvalue weighted by molar-refractivity contribution is 5.77. The third-order valence-corrected chi connectivity index (χ3v) is 3.52. The van der Waals surface area contributed by atoms with Gasteiger partial charge >= 0.3 is 0 Å². The molecule has 1 heterocycles. The summed E-state index contributed by atoms with van der Waals surface area (Å²) in [6.45, 7) is 0. The molecule has 0 bridgehead atoms. The van der Waals surface area contributed by atoms with Crippen molar-refractivity contribution < 1.29 is 18.7 Å². The topological polar surface area (TPSA) is 55.5 Å². The maximum Gasteiger partial charge on any atom is 0.227 e. The van der Waals surface area contributed by atoms with Gasteiger partial charge in [0.25, 0.3) is 0 Å². The van der Waals surface area contributed by atoms with Gasteiger partial charge in [0, 0.05) is 11.6 Å². The number of benzene rings is 3. The van der Waals surface area contributed by atoms with Crippen LogP contribution in [0.3, 0.4) is 0 Å². The van der Waals surface area contributed by atoms with E-state index >= 15 is 0 Å². The number of aromatic nitrogens is 1. The molecule has 0 radical (unpaired) electrons. The van der Waals surface area contributed by atoms with E-state index in [1.807, 2.05) is 0 Å². The minimum atomic E-state index is -0.312. The fourth-order valence-corrected chi connectivity index (χ4v) is 2.34. The van der Waals surface area contributed by atoms with Crippen molar-refractivity contribution in [1.29, 1.82) is 0 Å².